The van der Waals surface area contributed by atoms with E-state index in [1.54, 1.807) is 37.3 Å². The number of hydrogen-bond acceptors (Lipinski definition) is 7. The SMILES string of the molecule is CCn1c(=O)c(-c2noc(C(=O)NCc3ccc(C)cc3)n2)nn(-c2ccccc2)c1=O. The van der Waals surface area contributed by atoms with Gasteiger partial charge in [-0.25, -0.2) is 4.79 Å². The third-order valence-electron chi connectivity index (χ3n) is 4.78. The number of aromatic nitrogens is 5. The molecule has 2 heterocycles. The molecule has 0 bridgehead atoms. The number of carbonyl (C=O) groups is 1. The van der Waals surface area contributed by atoms with Crippen LogP contribution in [0.5, 0.6) is 0 Å². The van der Waals surface area contributed by atoms with Gasteiger partial charge in [-0.2, -0.15) is 14.8 Å². The van der Waals surface area contributed by atoms with E-state index >= 15 is 0 Å². The van der Waals surface area contributed by atoms with Crippen LogP contribution in [0.1, 0.15) is 28.7 Å². The molecule has 2 aromatic heterocycles. The Morgan fingerprint density at radius 2 is 1.78 bits per heavy atom. The van der Waals surface area contributed by atoms with Crippen molar-refractivity contribution in [2.24, 2.45) is 0 Å². The summed E-state index contributed by atoms with van der Waals surface area (Å²) in [4.78, 5) is 41.9. The molecule has 4 aromatic rings. The van der Waals surface area contributed by atoms with Crippen molar-refractivity contribution < 1.29 is 9.32 Å². The first-order valence-electron chi connectivity index (χ1n) is 9.95. The molecule has 10 heteroatoms. The standard InChI is InChI=1S/C22H20N6O4/c1-3-27-21(30)17(25-28(22(27)31)16-7-5-4-6-8-16)18-24-20(32-26-18)19(29)23-13-15-11-9-14(2)10-12-15/h4-12H,3,13H2,1-2H3,(H,23,29). The van der Waals surface area contributed by atoms with Crippen molar-refractivity contribution in [2.75, 3.05) is 0 Å². The zero-order valence-corrected chi connectivity index (χ0v) is 17.5. The van der Waals surface area contributed by atoms with Gasteiger partial charge in [-0.05, 0) is 31.5 Å². The zero-order chi connectivity index (χ0) is 22.7. The van der Waals surface area contributed by atoms with E-state index in [4.69, 9.17) is 4.52 Å². The van der Waals surface area contributed by atoms with E-state index in [-0.39, 0.29) is 30.5 Å². The summed E-state index contributed by atoms with van der Waals surface area (Å²) in [5.41, 5.74) is 1.04. The Labute approximate surface area is 182 Å². The molecule has 0 unspecified atom stereocenters. The van der Waals surface area contributed by atoms with Crippen LogP contribution in [0.15, 0.2) is 68.7 Å². The number of aryl methyl sites for hydroxylation is 1. The lowest BCUT2D eigenvalue weighted by Gasteiger charge is -2.09. The molecule has 4 rings (SSSR count). The van der Waals surface area contributed by atoms with E-state index in [0.717, 1.165) is 20.4 Å². The van der Waals surface area contributed by atoms with Gasteiger partial charge in [-0.3, -0.25) is 14.2 Å². The van der Waals surface area contributed by atoms with Crippen LogP contribution in [-0.4, -0.2) is 30.4 Å². The quantitative estimate of drug-likeness (QED) is 0.492. The van der Waals surface area contributed by atoms with Gasteiger partial charge in [-0.15, -0.1) is 0 Å². The average molecular weight is 432 g/mol. The predicted octanol–water partition coefficient (Wildman–Crippen LogP) is 1.70. The van der Waals surface area contributed by atoms with Crippen molar-refractivity contribution in [1.82, 2.24) is 29.8 Å². The summed E-state index contributed by atoms with van der Waals surface area (Å²) >= 11 is 0. The minimum Gasteiger partial charge on any atom is -0.344 e. The van der Waals surface area contributed by atoms with Crippen molar-refractivity contribution in [3.63, 3.8) is 0 Å². The number of nitrogens with zero attached hydrogens (tertiary/aromatic N) is 5. The monoisotopic (exact) mass is 432 g/mol. The maximum absolute atomic E-state index is 12.8. The molecule has 1 amide bonds. The average Bonchev–Trinajstić information content (AvgIpc) is 3.30. The van der Waals surface area contributed by atoms with E-state index in [1.165, 1.54) is 0 Å². The molecule has 0 atom stereocenters. The highest BCUT2D eigenvalue weighted by atomic mass is 16.5. The summed E-state index contributed by atoms with van der Waals surface area (Å²) in [6, 6.07) is 16.3. The highest BCUT2D eigenvalue weighted by Crippen LogP contribution is 2.10. The fraction of sp³-hybridized carbons (Fsp3) is 0.182. The van der Waals surface area contributed by atoms with Crippen molar-refractivity contribution in [2.45, 2.75) is 26.9 Å². The number of para-hydroxylation sites is 1. The van der Waals surface area contributed by atoms with Gasteiger partial charge in [0.2, 0.25) is 5.82 Å². The molecule has 1 N–H and O–H groups in total. The molecular formula is C22H20N6O4. The first kappa shape index (κ1) is 20.9. The lowest BCUT2D eigenvalue weighted by Crippen LogP contribution is -2.41. The normalized spacial score (nSPS) is 10.8. The molecule has 32 heavy (non-hydrogen) atoms. The Balaban J connectivity index is 1.64. The molecule has 0 fully saturated rings. The maximum Gasteiger partial charge on any atom is 0.352 e. The topological polar surface area (TPSA) is 125 Å². The summed E-state index contributed by atoms with van der Waals surface area (Å²) in [5, 5.41) is 10.6. The molecule has 162 valence electrons. The minimum atomic E-state index is -0.669. The van der Waals surface area contributed by atoms with Crippen molar-refractivity contribution >= 4 is 5.91 Å². The van der Waals surface area contributed by atoms with E-state index in [0.29, 0.717) is 5.69 Å². The lowest BCUT2D eigenvalue weighted by atomic mass is 10.1. The van der Waals surface area contributed by atoms with Gasteiger partial charge in [-0.1, -0.05) is 53.2 Å². The Kier molecular flexibility index (Phi) is 5.75. The van der Waals surface area contributed by atoms with Gasteiger partial charge in [0, 0.05) is 13.1 Å². The minimum absolute atomic E-state index is 0.127. The maximum atomic E-state index is 12.8. The first-order chi connectivity index (χ1) is 15.5. The molecule has 0 radical (unpaired) electrons. The van der Waals surface area contributed by atoms with E-state index in [1.807, 2.05) is 31.2 Å². The Hall–Kier alpha value is -4.34. The lowest BCUT2D eigenvalue weighted by molar-refractivity contribution is 0.0907. The number of carbonyl (C=O) groups excluding carboxylic acids is 1. The van der Waals surface area contributed by atoms with Crippen LogP contribution in [0.3, 0.4) is 0 Å². The van der Waals surface area contributed by atoms with Crippen LogP contribution in [0.4, 0.5) is 0 Å². The smallest absolute Gasteiger partial charge is 0.344 e. The van der Waals surface area contributed by atoms with Gasteiger partial charge < -0.3 is 9.84 Å². The Morgan fingerprint density at radius 3 is 2.47 bits per heavy atom. The molecule has 0 aliphatic heterocycles. The molecule has 0 saturated carbocycles. The Bertz CT molecular complexity index is 1370. The number of rotatable bonds is 6. The Morgan fingerprint density at radius 1 is 1.06 bits per heavy atom. The number of nitrogens with one attached hydrogen (secondary N) is 1. The van der Waals surface area contributed by atoms with Crippen LogP contribution >= 0.6 is 0 Å². The van der Waals surface area contributed by atoms with Gasteiger partial charge >= 0.3 is 17.5 Å². The molecule has 10 nitrogen and oxygen atoms in total. The fourth-order valence-electron chi connectivity index (χ4n) is 3.05. The number of benzene rings is 2. The highest BCUT2D eigenvalue weighted by Gasteiger charge is 2.22. The summed E-state index contributed by atoms with van der Waals surface area (Å²) in [6.45, 7) is 4.05. The van der Waals surface area contributed by atoms with Crippen LogP contribution in [0.25, 0.3) is 17.2 Å². The van der Waals surface area contributed by atoms with Crippen molar-refractivity contribution in [3.8, 4) is 17.2 Å². The summed E-state index contributed by atoms with van der Waals surface area (Å²) in [6.07, 6.45) is 0. The van der Waals surface area contributed by atoms with Gasteiger partial charge in [0.25, 0.3) is 5.56 Å². The van der Waals surface area contributed by atoms with Crippen molar-refractivity contribution in [1.29, 1.82) is 0 Å². The first-order valence-corrected chi connectivity index (χ1v) is 9.95. The van der Waals surface area contributed by atoms with Gasteiger partial charge in [0.1, 0.15) is 0 Å². The predicted molar refractivity (Wildman–Crippen MR) is 115 cm³/mol. The van der Waals surface area contributed by atoms with E-state index in [2.05, 4.69) is 20.6 Å². The van der Waals surface area contributed by atoms with Crippen LogP contribution < -0.4 is 16.6 Å². The summed E-state index contributed by atoms with van der Waals surface area (Å²) in [5.74, 6) is -1.08. The molecule has 0 spiro atoms. The second-order valence-corrected chi connectivity index (χ2v) is 7.02. The van der Waals surface area contributed by atoms with Gasteiger partial charge in [0.05, 0.1) is 5.69 Å². The van der Waals surface area contributed by atoms with Crippen LogP contribution in [0, 0.1) is 6.92 Å². The largest absolute Gasteiger partial charge is 0.352 e. The second kappa shape index (κ2) is 8.80. The molecule has 0 saturated heterocycles. The summed E-state index contributed by atoms with van der Waals surface area (Å²) in [7, 11) is 0. The number of amides is 1. The summed E-state index contributed by atoms with van der Waals surface area (Å²) < 4.78 is 7.15. The van der Waals surface area contributed by atoms with Crippen molar-refractivity contribution in [3.05, 3.63) is 92.5 Å². The number of hydrogen-bond donors (Lipinski definition) is 1. The highest BCUT2D eigenvalue weighted by molar-refractivity contribution is 5.89. The third-order valence-corrected chi connectivity index (χ3v) is 4.78. The zero-order valence-electron chi connectivity index (χ0n) is 17.5. The fourth-order valence-corrected chi connectivity index (χ4v) is 3.05. The molecular weight excluding hydrogens is 412 g/mol. The molecule has 0 aliphatic rings. The third kappa shape index (κ3) is 4.10. The van der Waals surface area contributed by atoms with Crippen LogP contribution in [-0.2, 0) is 13.1 Å². The van der Waals surface area contributed by atoms with E-state index < -0.39 is 17.2 Å². The van der Waals surface area contributed by atoms with Crippen LogP contribution in [0.2, 0.25) is 0 Å². The second-order valence-electron chi connectivity index (χ2n) is 7.02. The van der Waals surface area contributed by atoms with E-state index in [9.17, 15) is 14.4 Å². The molecule has 2 aromatic carbocycles. The van der Waals surface area contributed by atoms with Gasteiger partial charge in [0.15, 0.2) is 5.69 Å². The molecule has 0 aliphatic carbocycles.